The highest BCUT2D eigenvalue weighted by molar-refractivity contribution is 5.85. The molecule has 0 bridgehead atoms. The Labute approximate surface area is 107 Å². The van der Waals surface area contributed by atoms with Crippen LogP contribution in [0.25, 0.3) is 0 Å². The largest absolute Gasteiger partial charge is 0.378 e. The van der Waals surface area contributed by atoms with Crippen molar-refractivity contribution in [2.24, 2.45) is 0 Å². The Bertz CT molecular complexity index is 382. The maximum atomic E-state index is 5.37. The lowest BCUT2D eigenvalue weighted by Crippen LogP contribution is -2.38. The highest BCUT2D eigenvalue weighted by Gasteiger charge is 2.20. The molecular weight excluding hydrogens is 240 g/mol. The van der Waals surface area contributed by atoms with Gasteiger partial charge >= 0.3 is 0 Å². The Hall–Kier alpha value is -0.910. The monoisotopic (exact) mass is 256 g/mol. The van der Waals surface area contributed by atoms with Crippen molar-refractivity contribution in [2.45, 2.75) is 13.0 Å². The second-order valence-corrected chi connectivity index (χ2v) is 4.15. The van der Waals surface area contributed by atoms with Crippen LogP contribution in [0.3, 0.4) is 0 Å². The minimum atomic E-state index is 0. The molecular formula is C11H17ClN4O. The zero-order valence-corrected chi connectivity index (χ0v) is 10.5. The van der Waals surface area contributed by atoms with Crippen LogP contribution < -0.4 is 10.2 Å². The number of hydrogen-bond donors (Lipinski definition) is 1. The number of rotatable bonds is 1. The molecule has 3 heterocycles. The number of morpholine rings is 1. The fourth-order valence-corrected chi connectivity index (χ4v) is 2.31. The third kappa shape index (κ3) is 2.51. The molecule has 17 heavy (non-hydrogen) atoms. The van der Waals surface area contributed by atoms with Crippen LogP contribution in [0.5, 0.6) is 0 Å². The van der Waals surface area contributed by atoms with Gasteiger partial charge in [-0.25, -0.2) is 9.97 Å². The molecule has 0 atom stereocenters. The van der Waals surface area contributed by atoms with E-state index in [1.165, 1.54) is 5.56 Å². The quantitative estimate of drug-likeness (QED) is 0.787. The van der Waals surface area contributed by atoms with E-state index in [-0.39, 0.29) is 12.4 Å². The van der Waals surface area contributed by atoms with E-state index < -0.39 is 0 Å². The molecule has 94 valence electrons. The summed E-state index contributed by atoms with van der Waals surface area (Å²) in [4.78, 5) is 11.1. The minimum absolute atomic E-state index is 0. The number of ether oxygens (including phenoxy) is 1. The third-order valence-electron chi connectivity index (χ3n) is 3.17. The van der Waals surface area contributed by atoms with Gasteiger partial charge in [0.15, 0.2) is 0 Å². The highest BCUT2D eigenvalue weighted by atomic mass is 35.5. The summed E-state index contributed by atoms with van der Waals surface area (Å²) < 4.78 is 5.37. The van der Waals surface area contributed by atoms with Crippen molar-refractivity contribution in [1.29, 1.82) is 0 Å². The van der Waals surface area contributed by atoms with Gasteiger partial charge in [-0.2, -0.15) is 0 Å². The van der Waals surface area contributed by atoms with E-state index in [9.17, 15) is 0 Å². The summed E-state index contributed by atoms with van der Waals surface area (Å²) in [6.07, 6.45) is 2.71. The van der Waals surface area contributed by atoms with E-state index in [0.29, 0.717) is 0 Å². The lowest BCUT2D eigenvalue weighted by atomic mass is 10.1. The molecule has 6 heteroatoms. The van der Waals surface area contributed by atoms with Crippen LogP contribution in [-0.2, 0) is 17.7 Å². The maximum absolute atomic E-state index is 5.37. The average molecular weight is 257 g/mol. The molecule has 0 unspecified atom stereocenters. The van der Waals surface area contributed by atoms with Crippen molar-refractivity contribution in [3.8, 4) is 0 Å². The van der Waals surface area contributed by atoms with Crippen LogP contribution in [-0.4, -0.2) is 42.8 Å². The molecule has 1 N–H and O–H groups in total. The van der Waals surface area contributed by atoms with E-state index in [1.807, 2.05) is 0 Å². The molecule has 1 saturated heterocycles. The van der Waals surface area contributed by atoms with Gasteiger partial charge < -0.3 is 15.0 Å². The highest BCUT2D eigenvalue weighted by Crippen LogP contribution is 2.23. The summed E-state index contributed by atoms with van der Waals surface area (Å²) in [6, 6.07) is 0. The van der Waals surface area contributed by atoms with E-state index in [4.69, 9.17) is 4.74 Å². The molecule has 0 radical (unpaired) electrons. The molecule has 5 nitrogen and oxygen atoms in total. The van der Waals surface area contributed by atoms with E-state index >= 15 is 0 Å². The Morgan fingerprint density at radius 1 is 1.24 bits per heavy atom. The van der Waals surface area contributed by atoms with Gasteiger partial charge in [0, 0.05) is 25.2 Å². The molecule has 0 aromatic carbocycles. The van der Waals surface area contributed by atoms with E-state index in [1.54, 1.807) is 6.33 Å². The van der Waals surface area contributed by atoms with Gasteiger partial charge in [-0.1, -0.05) is 0 Å². The third-order valence-corrected chi connectivity index (χ3v) is 3.17. The molecule has 3 rings (SSSR count). The molecule has 0 spiro atoms. The molecule has 1 aromatic rings. The molecule has 1 fully saturated rings. The second-order valence-electron chi connectivity index (χ2n) is 4.15. The molecule has 2 aliphatic rings. The Morgan fingerprint density at radius 2 is 2.06 bits per heavy atom. The fraction of sp³-hybridized carbons (Fsp3) is 0.636. The number of anilines is 1. The smallest absolute Gasteiger partial charge is 0.135 e. The minimum Gasteiger partial charge on any atom is -0.378 e. The van der Waals surface area contributed by atoms with Crippen molar-refractivity contribution in [3.05, 3.63) is 17.6 Å². The number of halogens is 1. The molecule has 1 aromatic heterocycles. The molecule has 0 amide bonds. The summed E-state index contributed by atoms with van der Waals surface area (Å²) in [5.74, 6) is 1.12. The van der Waals surface area contributed by atoms with Gasteiger partial charge in [-0.05, 0) is 13.0 Å². The van der Waals surface area contributed by atoms with Gasteiger partial charge in [0.1, 0.15) is 12.1 Å². The molecule has 0 aliphatic carbocycles. The van der Waals surface area contributed by atoms with Crippen molar-refractivity contribution < 1.29 is 4.74 Å². The van der Waals surface area contributed by atoms with Crippen LogP contribution in [0.1, 0.15) is 11.3 Å². The standard InChI is InChI=1S/C11H16N4O.ClH/c1-2-12-7-10-9(1)11(14-8-13-10)15-3-5-16-6-4-15;/h8,12H,1-7H2;1H. The predicted octanol–water partition coefficient (Wildman–Crippen LogP) is 0.381. The summed E-state index contributed by atoms with van der Waals surface area (Å²) in [5.41, 5.74) is 2.48. The topological polar surface area (TPSA) is 50.3 Å². The molecule has 0 saturated carbocycles. The average Bonchev–Trinajstić information content (AvgIpc) is 2.39. The Morgan fingerprint density at radius 3 is 2.88 bits per heavy atom. The van der Waals surface area contributed by atoms with Crippen LogP contribution >= 0.6 is 12.4 Å². The fourth-order valence-electron chi connectivity index (χ4n) is 2.31. The van der Waals surface area contributed by atoms with Gasteiger partial charge in [-0.3, -0.25) is 0 Å². The van der Waals surface area contributed by atoms with Crippen LogP contribution in [0, 0.1) is 0 Å². The van der Waals surface area contributed by atoms with Crippen molar-refractivity contribution in [3.63, 3.8) is 0 Å². The van der Waals surface area contributed by atoms with Gasteiger partial charge in [0.2, 0.25) is 0 Å². The van der Waals surface area contributed by atoms with E-state index in [2.05, 4.69) is 20.2 Å². The number of aromatic nitrogens is 2. The van der Waals surface area contributed by atoms with Crippen molar-refractivity contribution >= 4 is 18.2 Å². The first-order valence-corrected chi connectivity index (χ1v) is 5.81. The predicted molar refractivity (Wildman–Crippen MR) is 67.7 cm³/mol. The SMILES string of the molecule is Cl.c1nc2c(c(N3CCOCC3)n1)CCNC2. The van der Waals surface area contributed by atoms with Gasteiger partial charge in [0.05, 0.1) is 18.9 Å². The number of nitrogens with zero attached hydrogens (tertiary/aromatic N) is 3. The summed E-state index contributed by atoms with van der Waals surface area (Å²) in [7, 11) is 0. The Balaban J connectivity index is 0.00000108. The summed E-state index contributed by atoms with van der Waals surface area (Å²) in [5, 5.41) is 3.34. The number of fused-ring (bicyclic) bond motifs is 1. The first-order chi connectivity index (χ1) is 7.95. The summed E-state index contributed by atoms with van der Waals surface area (Å²) in [6.45, 7) is 5.38. The van der Waals surface area contributed by atoms with Crippen LogP contribution in [0.2, 0.25) is 0 Å². The molecule has 2 aliphatic heterocycles. The lowest BCUT2D eigenvalue weighted by Gasteiger charge is -2.31. The first-order valence-electron chi connectivity index (χ1n) is 5.81. The van der Waals surface area contributed by atoms with Crippen LogP contribution in [0.15, 0.2) is 6.33 Å². The summed E-state index contributed by atoms with van der Waals surface area (Å²) >= 11 is 0. The van der Waals surface area contributed by atoms with Gasteiger partial charge in [0.25, 0.3) is 0 Å². The second kappa shape index (κ2) is 5.62. The van der Waals surface area contributed by atoms with Crippen LogP contribution in [0.4, 0.5) is 5.82 Å². The number of hydrogen-bond acceptors (Lipinski definition) is 5. The Kier molecular flexibility index (Phi) is 4.15. The maximum Gasteiger partial charge on any atom is 0.135 e. The normalized spacial score (nSPS) is 19.4. The van der Waals surface area contributed by atoms with Crippen molar-refractivity contribution in [1.82, 2.24) is 15.3 Å². The van der Waals surface area contributed by atoms with Gasteiger partial charge in [-0.15, -0.1) is 12.4 Å². The number of nitrogens with one attached hydrogen (secondary N) is 1. The van der Waals surface area contributed by atoms with E-state index in [0.717, 1.165) is 57.3 Å². The zero-order chi connectivity index (χ0) is 10.8. The first kappa shape index (κ1) is 12.5. The van der Waals surface area contributed by atoms with Crippen molar-refractivity contribution in [2.75, 3.05) is 37.7 Å². The lowest BCUT2D eigenvalue weighted by molar-refractivity contribution is 0.122. The zero-order valence-electron chi connectivity index (χ0n) is 9.69.